The van der Waals surface area contributed by atoms with Gasteiger partial charge in [0, 0.05) is 44.0 Å². The number of halogens is 3. The van der Waals surface area contributed by atoms with Gasteiger partial charge in [0.25, 0.3) is 0 Å². The Balaban J connectivity index is 1.42. The smallest absolute Gasteiger partial charge is 0.465 e. The van der Waals surface area contributed by atoms with Crippen LogP contribution in [-0.4, -0.2) is 52.4 Å². The summed E-state index contributed by atoms with van der Waals surface area (Å²) in [5, 5.41) is 20.9. The number of rotatable bonds is 7. The van der Waals surface area contributed by atoms with Gasteiger partial charge in [-0.3, -0.25) is 4.98 Å². The summed E-state index contributed by atoms with van der Waals surface area (Å²) < 4.78 is 45.6. The van der Waals surface area contributed by atoms with Gasteiger partial charge in [0.2, 0.25) is 0 Å². The van der Waals surface area contributed by atoms with Crippen molar-refractivity contribution < 1.29 is 32.9 Å². The van der Waals surface area contributed by atoms with E-state index >= 15 is 0 Å². The molecule has 0 saturated carbocycles. The number of aliphatic hydroxyl groups excluding tert-OH is 1. The van der Waals surface area contributed by atoms with Crippen molar-refractivity contribution in [2.24, 2.45) is 0 Å². The number of benzene rings is 1. The normalized spacial score (nSPS) is 18.2. The SMILES string of the molecule is O[C@H](CCN1CCC(O)(c2cccnc2)CC1)Oc1ccc(OC(F)(F)F)cc1. The first-order chi connectivity index (χ1) is 13.7. The van der Waals surface area contributed by atoms with E-state index in [1.165, 1.54) is 12.1 Å². The van der Waals surface area contributed by atoms with Crippen LogP contribution in [0, 0.1) is 0 Å². The van der Waals surface area contributed by atoms with Gasteiger partial charge in [-0.05, 0) is 43.2 Å². The molecule has 0 aliphatic carbocycles. The molecule has 0 bridgehead atoms. The Bertz CT molecular complexity index is 764. The molecule has 0 spiro atoms. The van der Waals surface area contributed by atoms with Crippen molar-refractivity contribution >= 4 is 0 Å². The van der Waals surface area contributed by atoms with Crippen molar-refractivity contribution in [2.75, 3.05) is 19.6 Å². The van der Waals surface area contributed by atoms with Crippen LogP contribution < -0.4 is 9.47 Å². The average molecular weight is 412 g/mol. The molecule has 2 aromatic rings. The Morgan fingerprint density at radius 2 is 1.76 bits per heavy atom. The first-order valence-electron chi connectivity index (χ1n) is 9.29. The summed E-state index contributed by atoms with van der Waals surface area (Å²) >= 11 is 0. The maximum absolute atomic E-state index is 12.2. The molecule has 1 fully saturated rings. The maximum Gasteiger partial charge on any atom is 0.573 e. The van der Waals surface area contributed by atoms with Crippen molar-refractivity contribution in [1.82, 2.24) is 9.88 Å². The highest BCUT2D eigenvalue weighted by Crippen LogP contribution is 2.32. The molecule has 1 aliphatic heterocycles. The van der Waals surface area contributed by atoms with Crippen LogP contribution in [-0.2, 0) is 5.60 Å². The largest absolute Gasteiger partial charge is 0.573 e. The maximum atomic E-state index is 12.2. The average Bonchev–Trinajstić information content (AvgIpc) is 2.69. The van der Waals surface area contributed by atoms with Crippen LogP contribution in [0.3, 0.4) is 0 Å². The summed E-state index contributed by atoms with van der Waals surface area (Å²) in [7, 11) is 0. The van der Waals surface area contributed by atoms with Crippen LogP contribution >= 0.6 is 0 Å². The van der Waals surface area contributed by atoms with Gasteiger partial charge in [-0.15, -0.1) is 13.2 Å². The summed E-state index contributed by atoms with van der Waals surface area (Å²) in [6.45, 7) is 1.91. The Morgan fingerprint density at radius 1 is 1.10 bits per heavy atom. The van der Waals surface area contributed by atoms with Crippen LogP contribution in [0.15, 0.2) is 48.8 Å². The fourth-order valence-electron chi connectivity index (χ4n) is 3.30. The molecule has 0 amide bonds. The second-order valence-corrected chi connectivity index (χ2v) is 7.00. The summed E-state index contributed by atoms with van der Waals surface area (Å²) in [6, 6.07) is 8.53. The molecule has 1 atom stereocenters. The van der Waals surface area contributed by atoms with Crippen LogP contribution in [0.5, 0.6) is 11.5 Å². The van der Waals surface area contributed by atoms with E-state index in [1.54, 1.807) is 18.5 Å². The minimum absolute atomic E-state index is 0.247. The number of aliphatic hydroxyl groups is 2. The van der Waals surface area contributed by atoms with Gasteiger partial charge in [-0.25, -0.2) is 0 Å². The van der Waals surface area contributed by atoms with Crippen LogP contribution in [0.4, 0.5) is 13.2 Å². The van der Waals surface area contributed by atoms with E-state index < -0.39 is 18.3 Å². The Kier molecular flexibility index (Phi) is 6.61. The number of aromatic nitrogens is 1. The molecule has 0 unspecified atom stereocenters. The van der Waals surface area contributed by atoms with Crippen molar-refractivity contribution in [3.63, 3.8) is 0 Å². The van der Waals surface area contributed by atoms with Gasteiger partial charge < -0.3 is 24.6 Å². The van der Waals surface area contributed by atoms with Gasteiger partial charge in [-0.1, -0.05) is 6.07 Å². The quantitative estimate of drug-likeness (QED) is 0.681. The molecule has 1 aromatic carbocycles. The van der Waals surface area contributed by atoms with Gasteiger partial charge >= 0.3 is 6.36 Å². The molecule has 9 heteroatoms. The number of ether oxygens (including phenoxy) is 2. The van der Waals surface area contributed by atoms with Crippen molar-refractivity contribution in [1.29, 1.82) is 0 Å². The zero-order chi connectivity index (χ0) is 20.9. The van der Waals surface area contributed by atoms with Gasteiger partial charge in [0.15, 0.2) is 6.29 Å². The van der Waals surface area contributed by atoms with E-state index in [4.69, 9.17) is 4.74 Å². The Labute approximate surface area is 166 Å². The third-order valence-electron chi connectivity index (χ3n) is 4.90. The monoisotopic (exact) mass is 412 g/mol. The molecule has 158 valence electrons. The highest BCUT2D eigenvalue weighted by Gasteiger charge is 2.34. The molecule has 1 aliphatic rings. The molecule has 1 aromatic heterocycles. The molecule has 3 rings (SSSR count). The number of pyridine rings is 1. The molecule has 6 nitrogen and oxygen atoms in total. The Morgan fingerprint density at radius 3 is 2.34 bits per heavy atom. The molecule has 29 heavy (non-hydrogen) atoms. The van der Waals surface area contributed by atoms with Crippen molar-refractivity contribution in [3.8, 4) is 11.5 Å². The molecule has 2 N–H and O–H groups in total. The van der Waals surface area contributed by atoms with E-state index in [2.05, 4.69) is 14.6 Å². The highest BCUT2D eigenvalue weighted by atomic mass is 19.4. The first-order valence-corrected chi connectivity index (χ1v) is 9.29. The summed E-state index contributed by atoms with van der Waals surface area (Å²) in [6.07, 6.45) is -1.04. The van der Waals surface area contributed by atoms with Crippen molar-refractivity contribution in [2.45, 2.75) is 37.5 Å². The van der Waals surface area contributed by atoms with Crippen LogP contribution in [0.25, 0.3) is 0 Å². The predicted molar refractivity (Wildman–Crippen MR) is 98.2 cm³/mol. The fraction of sp³-hybridized carbons (Fsp3) is 0.450. The number of alkyl halides is 3. The lowest BCUT2D eigenvalue weighted by molar-refractivity contribution is -0.274. The molecule has 0 radical (unpaired) electrons. The molecule has 1 saturated heterocycles. The number of nitrogens with zero attached hydrogens (tertiary/aromatic N) is 2. The third-order valence-corrected chi connectivity index (χ3v) is 4.90. The third kappa shape index (κ3) is 6.31. The van der Waals surface area contributed by atoms with E-state index in [9.17, 15) is 23.4 Å². The summed E-state index contributed by atoms with van der Waals surface area (Å²) in [4.78, 5) is 6.18. The van der Waals surface area contributed by atoms with Gasteiger partial charge in [-0.2, -0.15) is 0 Å². The van der Waals surface area contributed by atoms with E-state index in [1.807, 2.05) is 6.07 Å². The zero-order valence-electron chi connectivity index (χ0n) is 15.7. The van der Waals surface area contributed by atoms with Gasteiger partial charge in [0.05, 0.1) is 5.60 Å². The van der Waals surface area contributed by atoms with E-state index in [0.717, 1.165) is 17.7 Å². The number of likely N-dealkylation sites (tertiary alicyclic amines) is 1. The minimum atomic E-state index is -4.75. The lowest BCUT2D eigenvalue weighted by Gasteiger charge is -2.38. The second-order valence-electron chi connectivity index (χ2n) is 7.00. The first kappa shape index (κ1) is 21.4. The number of hydrogen-bond donors (Lipinski definition) is 2. The van der Waals surface area contributed by atoms with Crippen molar-refractivity contribution in [3.05, 3.63) is 54.4 Å². The van der Waals surface area contributed by atoms with E-state index in [-0.39, 0.29) is 11.5 Å². The zero-order valence-corrected chi connectivity index (χ0v) is 15.7. The fourth-order valence-corrected chi connectivity index (χ4v) is 3.30. The van der Waals surface area contributed by atoms with Crippen LogP contribution in [0.1, 0.15) is 24.8 Å². The topological polar surface area (TPSA) is 75.1 Å². The number of hydrogen-bond acceptors (Lipinski definition) is 6. The van der Waals surface area contributed by atoms with Gasteiger partial charge in [0.1, 0.15) is 11.5 Å². The minimum Gasteiger partial charge on any atom is -0.465 e. The van der Waals surface area contributed by atoms with Crippen LogP contribution in [0.2, 0.25) is 0 Å². The standard InChI is InChI=1S/C20H23F3N2O4/c21-20(22,23)29-17-5-3-16(4-6-17)28-18(26)7-11-25-12-8-19(27,9-13-25)15-2-1-10-24-14-15/h1-6,10,14,18,26-27H,7-9,11-13H2/t18-/m0/s1. The lowest BCUT2D eigenvalue weighted by Crippen LogP contribution is -2.43. The second kappa shape index (κ2) is 8.98. The van der Waals surface area contributed by atoms with E-state index in [0.29, 0.717) is 38.9 Å². The molecule has 2 heterocycles. The number of piperidine rings is 1. The molecular formula is C20H23F3N2O4. The Hall–Kier alpha value is -2.36. The lowest BCUT2D eigenvalue weighted by atomic mass is 9.85. The summed E-state index contributed by atoms with van der Waals surface area (Å²) in [5.41, 5.74) is -0.0823. The molecular weight excluding hydrogens is 389 g/mol. The summed E-state index contributed by atoms with van der Waals surface area (Å²) in [5.74, 6) is -0.106. The highest BCUT2D eigenvalue weighted by molar-refractivity contribution is 5.31. The predicted octanol–water partition coefficient (Wildman–Crippen LogP) is 3.05.